The first-order valence-corrected chi connectivity index (χ1v) is 4.18. The fourth-order valence-electron chi connectivity index (χ4n) is 0.788. The van der Waals surface area contributed by atoms with E-state index in [1.54, 1.807) is 0 Å². The van der Waals surface area contributed by atoms with E-state index in [4.69, 9.17) is 5.73 Å². The molecule has 0 aliphatic heterocycles. The average molecular weight is 183 g/mol. The van der Waals surface area contributed by atoms with Crippen LogP contribution >= 0.6 is 0 Å². The molecule has 0 fully saturated rings. The number of carbonyl (C=O) groups excluding carboxylic acids is 1. The first-order chi connectivity index (χ1) is 6.24. The number of rotatable bonds is 4. The molecular formula is C8H13N3O2. The summed E-state index contributed by atoms with van der Waals surface area (Å²) in [5, 5.41) is 6.14. The lowest BCUT2D eigenvalue weighted by Crippen LogP contribution is -2.36. The molecule has 1 rings (SSSR count). The Bertz CT molecular complexity index is 258. The third-order valence-corrected chi connectivity index (χ3v) is 1.72. The molecule has 1 aromatic rings. The van der Waals surface area contributed by atoms with Crippen LogP contribution in [0.2, 0.25) is 0 Å². The van der Waals surface area contributed by atoms with Gasteiger partial charge >= 0.3 is 0 Å². The third-order valence-electron chi connectivity index (χ3n) is 1.72. The van der Waals surface area contributed by atoms with E-state index in [9.17, 15) is 4.79 Å². The highest BCUT2D eigenvalue weighted by Crippen LogP contribution is 1.93. The predicted octanol–water partition coefficient (Wildman–Crippen LogP) is 0.142. The van der Waals surface area contributed by atoms with Gasteiger partial charge in [0.05, 0.1) is 0 Å². The van der Waals surface area contributed by atoms with Crippen molar-refractivity contribution in [2.45, 2.75) is 19.4 Å². The zero-order valence-corrected chi connectivity index (χ0v) is 7.49. The molecule has 72 valence electrons. The van der Waals surface area contributed by atoms with Crippen LogP contribution in [0, 0.1) is 0 Å². The quantitative estimate of drug-likeness (QED) is 0.695. The Hall–Kier alpha value is -1.36. The molecule has 1 aromatic heterocycles. The SMILES string of the molecule is CCC(N)CNC(=O)c1ccon1. The molecule has 5 heteroatoms. The van der Waals surface area contributed by atoms with Gasteiger partial charge < -0.3 is 15.6 Å². The van der Waals surface area contributed by atoms with Crippen molar-refractivity contribution in [1.29, 1.82) is 0 Å². The Morgan fingerprint density at radius 3 is 3.15 bits per heavy atom. The van der Waals surface area contributed by atoms with Gasteiger partial charge in [-0.1, -0.05) is 12.1 Å². The highest BCUT2D eigenvalue weighted by Gasteiger charge is 2.08. The van der Waals surface area contributed by atoms with E-state index in [-0.39, 0.29) is 17.6 Å². The van der Waals surface area contributed by atoms with Crippen LogP contribution in [-0.4, -0.2) is 23.7 Å². The van der Waals surface area contributed by atoms with E-state index in [0.717, 1.165) is 6.42 Å². The van der Waals surface area contributed by atoms with Crippen molar-refractivity contribution >= 4 is 5.91 Å². The molecule has 1 amide bonds. The van der Waals surface area contributed by atoms with Crippen molar-refractivity contribution in [2.75, 3.05) is 6.54 Å². The molecule has 3 N–H and O–H groups in total. The number of nitrogens with one attached hydrogen (secondary N) is 1. The number of amides is 1. The fraction of sp³-hybridized carbons (Fsp3) is 0.500. The molecular weight excluding hydrogens is 170 g/mol. The van der Waals surface area contributed by atoms with E-state index in [2.05, 4.69) is 15.0 Å². The zero-order chi connectivity index (χ0) is 9.68. The fourth-order valence-corrected chi connectivity index (χ4v) is 0.788. The minimum absolute atomic E-state index is 0.00384. The normalized spacial score (nSPS) is 12.5. The summed E-state index contributed by atoms with van der Waals surface area (Å²) in [6, 6.07) is 1.50. The first-order valence-electron chi connectivity index (χ1n) is 4.18. The Labute approximate surface area is 76.3 Å². The van der Waals surface area contributed by atoms with E-state index in [0.29, 0.717) is 6.54 Å². The second-order valence-corrected chi connectivity index (χ2v) is 2.76. The zero-order valence-electron chi connectivity index (χ0n) is 7.49. The molecule has 0 saturated carbocycles. The minimum Gasteiger partial charge on any atom is -0.364 e. The van der Waals surface area contributed by atoms with Gasteiger partial charge in [0.25, 0.3) is 5.91 Å². The van der Waals surface area contributed by atoms with Crippen LogP contribution in [-0.2, 0) is 0 Å². The van der Waals surface area contributed by atoms with Gasteiger partial charge in [-0.25, -0.2) is 0 Å². The van der Waals surface area contributed by atoms with Gasteiger partial charge in [-0.05, 0) is 6.42 Å². The van der Waals surface area contributed by atoms with Gasteiger partial charge in [0.2, 0.25) is 0 Å². The molecule has 0 saturated heterocycles. The van der Waals surface area contributed by atoms with Crippen molar-refractivity contribution in [2.24, 2.45) is 5.73 Å². The van der Waals surface area contributed by atoms with Gasteiger partial charge in [0.1, 0.15) is 6.26 Å². The van der Waals surface area contributed by atoms with Gasteiger partial charge in [-0.2, -0.15) is 0 Å². The van der Waals surface area contributed by atoms with Crippen molar-refractivity contribution in [3.05, 3.63) is 18.0 Å². The van der Waals surface area contributed by atoms with E-state index in [1.165, 1.54) is 12.3 Å². The summed E-state index contributed by atoms with van der Waals surface area (Å²) in [6.07, 6.45) is 2.19. The molecule has 0 aliphatic carbocycles. The van der Waals surface area contributed by atoms with Gasteiger partial charge in [0.15, 0.2) is 5.69 Å². The second kappa shape index (κ2) is 4.61. The highest BCUT2D eigenvalue weighted by molar-refractivity contribution is 5.91. The van der Waals surface area contributed by atoms with Crippen LogP contribution in [0.3, 0.4) is 0 Å². The Morgan fingerprint density at radius 1 is 1.85 bits per heavy atom. The number of nitrogens with zero attached hydrogens (tertiary/aromatic N) is 1. The highest BCUT2D eigenvalue weighted by atomic mass is 16.5. The van der Waals surface area contributed by atoms with E-state index in [1.807, 2.05) is 6.92 Å². The first kappa shape index (κ1) is 9.73. The summed E-state index contributed by atoms with van der Waals surface area (Å²) in [5.74, 6) is -0.252. The molecule has 0 spiro atoms. The summed E-state index contributed by atoms with van der Waals surface area (Å²) >= 11 is 0. The predicted molar refractivity (Wildman–Crippen MR) is 47.1 cm³/mol. The summed E-state index contributed by atoms with van der Waals surface area (Å²) < 4.78 is 4.53. The molecule has 1 atom stereocenters. The number of nitrogens with two attached hydrogens (primary N) is 1. The van der Waals surface area contributed by atoms with Crippen molar-refractivity contribution in [3.8, 4) is 0 Å². The lowest BCUT2D eigenvalue weighted by Gasteiger charge is -2.08. The van der Waals surface area contributed by atoms with Crippen LogP contribution in [0.5, 0.6) is 0 Å². The van der Waals surface area contributed by atoms with Crippen molar-refractivity contribution in [3.63, 3.8) is 0 Å². The largest absolute Gasteiger partial charge is 0.364 e. The van der Waals surface area contributed by atoms with E-state index < -0.39 is 0 Å². The van der Waals surface area contributed by atoms with Crippen LogP contribution in [0.1, 0.15) is 23.8 Å². The molecule has 0 bridgehead atoms. The maximum atomic E-state index is 11.2. The third kappa shape index (κ3) is 2.87. The Morgan fingerprint density at radius 2 is 2.62 bits per heavy atom. The monoisotopic (exact) mass is 183 g/mol. The van der Waals surface area contributed by atoms with Crippen molar-refractivity contribution in [1.82, 2.24) is 10.5 Å². The molecule has 5 nitrogen and oxygen atoms in total. The number of hydrogen-bond donors (Lipinski definition) is 2. The standard InChI is InChI=1S/C8H13N3O2/c1-2-6(9)5-10-8(12)7-3-4-13-11-7/h3-4,6H,2,5,9H2,1H3,(H,10,12). The molecule has 1 heterocycles. The van der Waals surface area contributed by atoms with Gasteiger partial charge in [-0.3, -0.25) is 4.79 Å². The lowest BCUT2D eigenvalue weighted by atomic mass is 10.2. The van der Waals surface area contributed by atoms with Crippen LogP contribution in [0.25, 0.3) is 0 Å². The Balaban J connectivity index is 2.35. The molecule has 0 aliphatic rings. The maximum Gasteiger partial charge on any atom is 0.273 e. The number of hydrogen-bond acceptors (Lipinski definition) is 4. The molecule has 1 unspecified atom stereocenters. The summed E-state index contributed by atoms with van der Waals surface area (Å²) in [6.45, 7) is 2.43. The Kier molecular flexibility index (Phi) is 3.45. The molecule has 13 heavy (non-hydrogen) atoms. The topological polar surface area (TPSA) is 81.1 Å². The number of aromatic nitrogens is 1. The van der Waals surface area contributed by atoms with Crippen LogP contribution in [0.15, 0.2) is 16.9 Å². The number of carbonyl (C=O) groups is 1. The van der Waals surface area contributed by atoms with Gasteiger partial charge in [0, 0.05) is 18.7 Å². The molecule has 0 aromatic carbocycles. The average Bonchev–Trinajstić information content (AvgIpc) is 2.66. The lowest BCUT2D eigenvalue weighted by molar-refractivity contribution is 0.0942. The van der Waals surface area contributed by atoms with Crippen LogP contribution in [0.4, 0.5) is 0 Å². The molecule has 0 radical (unpaired) electrons. The van der Waals surface area contributed by atoms with Crippen molar-refractivity contribution < 1.29 is 9.32 Å². The maximum absolute atomic E-state index is 11.2. The summed E-state index contributed by atoms with van der Waals surface area (Å²) in [4.78, 5) is 11.2. The van der Waals surface area contributed by atoms with E-state index >= 15 is 0 Å². The van der Waals surface area contributed by atoms with Crippen LogP contribution < -0.4 is 11.1 Å². The second-order valence-electron chi connectivity index (χ2n) is 2.76. The summed E-state index contributed by atoms with van der Waals surface area (Å²) in [7, 11) is 0. The smallest absolute Gasteiger partial charge is 0.273 e. The van der Waals surface area contributed by atoms with Gasteiger partial charge in [-0.15, -0.1) is 0 Å². The minimum atomic E-state index is -0.252. The summed E-state index contributed by atoms with van der Waals surface area (Å²) in [5.41, 5.74) is 5.90.